The molecule has 1 heterocycles. The van der Waals surface area contributed by atoms with Crippen molar-refractivity contribution < 1.29 is 14.0 Å². The maximum atomic E-state index is 13.8. The van der Waals surface area contributed by atoms with Gasteiger partial charge in [-0.05, 0) is 25.6 Å². The van der Waals surface area contributed by atoms with Crippen molar-refractivity contribution in [3.8, 4) is 0 Å². The van der Waals surface area contributed by atoms with E-state index in [1.807, 2.05) is 14.0 Å². The van der Waals surface area contributed by atoms with Crippen LogP contribution in [0.5, 0.6) is 0 Å². The van der Waals surface area contributed by atoms with Gasteiger partial charge in [0.2, 0.25) is 5.91 Å². The number of hydrogen-bond donors (Lipinski definition) is 1. The standard InChI is InChI=1S/C17H24FN3O2/c1-13(12-19-2)16(22)20-8-5-9-21(11-10-20)17(23)14-6-3-4-7-15(14)18/h3-4,6-7,13,19H,5,8-12H2,1-2H3. The molecule has 0 saturated carbocycles. The number of carbonyl (C=O) groups excluding carboxylic acids is 2. The number of amides is 2. The minimum atomic E-state index is -0.502. The van der Waals surface area contributed by atoms with Crippen LogP contribution in [0.4, 0.5) is 4.39 Å². The molecule has 2 rings (SSSR count). The van der Waals surface area contributed by atoms with Gasteiger partial charge in [-0.25, -0.2) is 4.39 Å². The average molecular weight is 321 g/mol. The molecule has 0 aliphatic carbocycles. The fraction of sp³-hybridized carbons (Fsp3) is 0.529. The molecular formula is C17H24FN3O2. The molecule has 23 heavy (non-hydrogen) atoms. The van der Waals surface area contributed by atoms with E-state index in [0.29, 0.717) is 39.1 Å². The van der Waals surface area contributed by atoms with Crippen LogP contribution in [0.2, 0.25) is 0 Å². The summed E-state index contributed by atoms with van der Waals surface area (Å²) in [6.45, 7) is 4.63. The summed E-state index contributed by atoms with van der Waals surface area (Å²) >= 11 is 0. The highest BCUT2D eigenvalue weighted by atomic mass is 19.1. The van der Waals surface area contributed by atoms with Crippen LogP contribution in [0.1, 0.15) is 23.7 Å². The van der Waals surface area contributed by atoms with Crippen molar-refractivity contribution in [2.24, 2.45) is 5.92 Å². The lowest BCUT2D eigenvalue weighted by molar-refractivity contribution is -0.134. The third kappa shape index (κ3) is 4.28. The lowest BCUT2D eigenvalue weighted by Gasteiger charge is -2.24. The molecule has 0 radical (unpaired) electrons. The van der Waals surface area contributed by atoms with E-state index in [0.717, 1.165) is 0 Å². The van der Waals surface area contributed by atoms with Crippen LogP contribution in [0, 0.1) is 11.7 Å². The van der Waals surface area contributed by atoms with E-state index in [1.165, 1.54) is 12.1 Å². The highest BCUT2D eigenvalue weighted by Gasteiger charge is 2.26. The van der Waals surface area contributed by atoms with Crippen molar-refractivity contribution in [3.63, 3.8) is 0 Å². The summed E-state index contributed by atoms with van der Waals surface area (Å²) in [5.41, 5.74) is 0.0934. The van der Waals surface area contributed by atoms with Gasteiger partial charge in [0.05, 0.1) is 5.56 Å². The molecule has 1 aliphatic heterocycles. The number of nitrogens with one attached hydrogen (secondary N) is 1. The fourth-order valence-corrected chi connectivity index (χ4v) is 2.85. The fourth-order valence-electron chi connectivity index (χ4n) is 2.85. The van der Waals surface area contributed by atoms with Gasteiger partial charge in [0.1, 0.15) is 5.82 Å². The summed E-state index contributed by atoms with van der Waals surface area (Å²) in [4.78, 5) is 28.3. The first kappa shape index (κ1) is 17.4. The van der Waals surface area contributed by atoms with Crippen LogP contribution < -0.4 is 5.32 Å². The van der Waals surface area contributed by atoms with Crippen molar-refractivity contribution in [1.82, 2.24) is 15.1 Å². The van der Waals surface area contributed by atoms with Gasteiger partial charge >= 0.3 is 0 Å². The van der Waals surface area contributed by atoms with Gasteiger partial charge in [-0.1, -0.05) is 19.1 Å². The summed E-state index contributed by atoms with van der Waals surface area (Å²) in [5.74, 6) is -0.800. The van der Waals surface area contributed by atoms with Crippen molar-refractivity contribution in [2.45, 2.75) is 13.3 Å². The van der Waals surface area contributed by atoms with E-state index in [4.69, 9.17) is 0 Å². The number of benzene rings is 1. The molecule has 1 N–H and O–H groups in total. The van der Waals surface area contributed by atoms with Gasteiger partial charge in [0.25, 0.3) is 5.91 Å². The van der Waals surface area contributed by atoms with E-state index in [2.05, 4.69) is 5.32 Å². The second-order valence-corrected chi connectivity index (χ2v) is 5.91. The molecule has 1 aromatic rings. The van der Waals surface area contributed by atoms with Crippen molar-refractivity contribution in [1.29, 1.82) is 0 Å². The zero-order valence-corrected chi connectivity index (χ0v) is 13.7. The molecule has 6 heteroatoms. The number of nitrogens with zero attached hydrogens (tertiary/aromatic N) is 2. The van der Waals surface area contributed by atoms with E-state index in [1.54, 1.807) is 21.9 Å². The van der Waals surface area contributed by atoms with E-state index >= 15 is 0 Å². The summed E-state index contributed by atoms with van der Waals surface area (Å²) in [5, 5.41) is 3.00. The lowest BCUT2D eigenvalue weighted by atomic mass is 10.1. The van der Waals surface area contributed by atoms with Gasteiger partial charge in [-0.2, -0.15) is 0 Å². The van der Waals surface area contributed by atoms with Crippen molar-refractivity contribution in [3.05, 3.63) is 35.6 Å². The Morgan fingerprint density at radius 2 is 1.83 bits per heavy atom. The molecule has 0 spiro atoms. The predicted octanol–water partition coefficient (Wildman–Crippen LogP) is 1.36. The topological polar surface area (TPSA) is 52.7 Å². The van der Waals surface area contributed by atoms with Crippen LogP contribution in [0.25, 0.3) is 0 Å². The first-order chi connectivity index (χ1) is 11.0. The van der Waals surface area contributed by atoms with E-state index in [-0.39, 0.29) is 23.3 Å². The Labute approximate surface area is 136 Å². The SMILES string of the molecule is CNCC(C)C(=O)N1CCCN(C(=O)c2ccccc2F)CC1. The summed E-state index contributed by atoms with van der Waals surface area (Å²) < 4.78 is 13.8. The van der Waals surface area contributed by atoms with Crippen molar-refractivity contribution >= 4 is 11.8 Å². The Morgan fingerprint density at radius 1 is 1.17 bits per heavy atom. The summed E-state index contributed by atoms with van der Waals surface area (Å²) in [7, 11) is 1.82. The Kier molecular flexibility index (Phi) is 6.10. The summed E-state index contributed by atoms with van der Waals surface area (Å²) in [6.07, 6.45) is 0.707. The van der Waals surface area contributed by atoms with Crippen LogP contribution >= 0.6 is 0 Å². The van der Waals surface area contributed by atoms with Gasteiger partial charge in [-0.15, -0.1) is 0 Å². The Bertz CT molecular complexity index is 565. The number of rotatable bonds is 4. The smallest absolute Gasteiger partial charge is 0.256 e. The Balaban J connectivity index is 2.00. The first-order valence-electron chi connectivity index (χ1n) is 8.01. The first-order valence-corrected chi connectivity index (χ1v) is 8.01. The second kappa shape index (κ2) is 8.06. The highest BCUT2D eigenvalue weighted by Crippen LogP contribution is 2.13. The zero-order chi connectivity index (χ0) is 16.8. The molecular weight excluding hydrogens is 297 g/mol. The van der Waals surface area contributed by atoms with Crippen molar-refractivity contribution in [2.75, 3.05) is 39.8 Å². The second-order valence-electron chi connectivity index (χ2n) is 5.91. The van der Waals surface area contributed by atoms with Crippen LogP contribution in [0.15, 0.2) is 24.3 Å². The Morgan fingerprint density at radius 3 is 2.52 bits per heavy atom. The maximum Gasteiger partial charge on any atom is 0.256 e. The molecule has 1 atom stereocenters. The van der Waals surface area contributed by atoms with Gasteiger partial charge in [-0.3, -0.25) is 9.59 Å². The normalized spacial score (nSPS) is 16.8. The lowest BCUT2D eigenvalue weighted by Crippen LogP contribution is -2.41. The monoisotopic (exact) mass is 321 g/mol. The third-order valence-electron chi connectivity index (χ3n) is 4.13. The molecule has 1 fully saturated rings. The van der Waals surface area contributed by atoms with E-state index in [9.17, 15) is 14.0 Å². The molecule has 0 bridgehead atoms. The van der Waals surface area contributed by atoms with Gasteiger partial charge in [0, 0.05) is 38.6 Å². The molecule has 1 saturated heterocycles. The molecule has 0 aromatic heterocycles. The largest absolute Gasteiger partial charge is 0.341 e. The van der Waals surface area contributed by atoms with Crippen LogP contribution in [0.3, 0.4) is 0 Å². The molecule has 1 aliphatic rings. The summed E-state index contributed by atoms with van der Waals surface area (Å²) in [6, 6.07) is 6.02. The quantitative estimate of drug-likeness (QED) is 0.911. The highest BCUT2D eigenvalue weighted by molar-refractivity contribution is 5.94. The Hall–Kier alpha value is -1.95. The van der Waals surface area contributed by atoms with Gasteiger partial charge in [0.15, 0.2) is 0 Å². The van der Waals surface area contributed by atoms with E-state index < -0.39 is 5.82 Å². The predicted molar refractivity (Wildman–Crippen MR) is 86.6 cm³/mol. The molecule has 126 valence electrons. The minimum absolute atomic E-state index is 0.0891. The molecule has 2 amide bonds. The van der Waals surface area contributed by atoms with Crippen LogP contribution in [-0.4, -0.2) is 61.4 Å². The zero-order valence-electron chi connectivity index (χ0n) is 13.7. The molecule has 5 nitrogen and oxygen atoms in total. The number of hydrogen-bond acceptors (Lipinski definition) is 3. The molecule has 1 unspecified atom stereocenters. The van der Waals surface area contributed by atoms with Crippen LogP contribution in [-0.2, 0) is 4.79 Å². The molecule has 1 aromatic carbocycles. The van der Waals surface area contributed by atoms with Gasteiger partial charge < -0.3 is 15.1 Å². The number of halogens is 1. The number of carbonyl (C=O) groups is 2. The maximum absolute atomic E-state index is 13.8. The minimum Gasteiger partial charge on any atom is -0.341 e. The third-order valence-corrected chi connectivity index (χ3v) is 4.13. The average Bonchev–Trinajstić information content (AvgIpc) is 2.80.